The first-order chi connectivity index (χ1) is 25.2. The molecular formula is C48H39N3. The minimum absolute atomic E-state index is 0.232. The van der Waals surface area contributed by atoms with Crippen molar-refractivity contribution in [1.82, 2.24) is 10.3 Å². The molecule has 2 aliphatic rings. The molecule has 0 amide bonds. The lowest BCUT2D eigenvalue weighted by Crippen LogP contribution is -2.25. The van der Waals surface area contributed by atoms with Crippen molar-refractivity contribution in [3.05, 3.63) is 198 Å². The fraction of sp³-hybridized carbons (Fsp3) is 0.125. The second kappa shape index (κ2) is 14.7. The first-order valence-electron chi connectivity index (χ1n) is 17.9. The zero-order chi connectivity index (χ0) is 34.4. The maximum Gasteiger partial charge on any atom is 0.145 e. The molecule has 2 heterocycles. The summed E-state index contributed by atoms with van der Waals surface area (Å²) >= 11 is 0. The van der Waals surface area contributed by atoms with E-state index in [-0.39, 0.29) is 6.17 Å². The summed E-state index contributed by atoms with van der Waals surface area (Å²) in [6, 6.07) is 43.3. The molecule has 3 heteroatoms. The van der Waals surface area contributed by atoms with Gasteiger partial charge in [0.2, 0.25) is 0 Å². The Labute approximate surface area is 300 Å². The van der Waals surface area contributed by atoms with Crippen LogP contribution in [0.1, 0.15) is 49.9 Å². The van der Waals surface area contributed by atoms with Crippen LogP contribution in [0.5, 0.6) is 0 Å². The van der Waals surface area contributed by atoms with E-state index in [9.17, 15) is 0 Å². The average molecular weight is 658 g/mol. The minimum Gasteiger partial charge on any atom is -0.363 e. The molecule has 1 aromatic heterocycles. The van der Waals surface area contributed by atoms with E-state index in [0.29, 0.717) is 0 Å². The molecule has 0 saturated heterocycles. The smallest absolute Gasteiger partial charge is 0.145 e. The van der Waals surface area contributed by atoms with E-state index in [2.05, 4.69) is 169 Å². The summed E-state index contributed by atoms with van der Waals surface area (Å²) < 4.78 is 0. The van der Waals surface area contributed by atoms with E-state index in [1.165, 1.54) is 33.0 Å². The minimum atomic E-state index is -0.232. The van der Waals surface area contributed by atoms with Crippen molar-refractivity contribution in [2.24, 2.45) is 4.99 Å². The van der Waals surface area contributed by atoms with Gasteiger partial charge in [-0.05, 0) is 87.5 Å². The molecule has 8 rings (SSSR count). The van der Waals surface area contributed by atoms with E-state index < -0.39 is 0 Å². The third kappa shape index (κ3) is 7.09. The monoisotopic (exact) mass is 657 g/mol. The number of aromatic nitrogens is 1. The molecule has 1 atom stereocenters. The Morgan fingerprint density at radius 2 is 1.59 bits per heavy atom. The lowest BCUT2D eigenvalue weighted by Gasteiger charge is -2.24. The number of rotatable bonds is 9. The maximum atomic E-state index is 5.23. The van der Waals surface area contributed by atoms with Gasteiger partial charge in [0, 0.05) is 41.0 Å². The molecule has 246 valence electrons. The van der Waals surface area contributed by atoms with E-state index in [0.717, 1.165) is 70.1 Å². The molecule has 5 aromatic carbocycles. The van der Waals surface area contributed by atoms with Crippen LogP contribution in [0, 0.1) is 12.1 Å². The number of nitrogens with one attached hydrogen (secondary N) is 1. The van der Waals surface area contributed by atoms with Crippen LogP contribution in [0.2, 0.25) is 0 Å². The van der Waals surface area contributed by atoms with Gasteiger partial charge in [-0.15, -0.1) is 0 Å². The van der Waals surface area contributed by atoms with Crippen LogP contribution < -0.4 is 5.32 Å². The van der Waals surface area contributed by atoms with Crippen LogP contribution in [-0.2, 0) is 0 Å². The number of fused-ring (bicyclic) bond motifs is 2. The Kier molecular flexibility index (Phi) is 9.23. The Balaban J connectivity index is 1.10. The summed E-state index contributed by atoms with van der Waals surface area (Å²) in [7, 11) is 0. The van der Waals surface area contributed by atoms with Gasteiger partial charge in [0.1, 0.15) is 6.17 Å². The van der Waals surface area contributed by atoms with E-state index >= 15 is 0 Å². The van der Waals surface area contributed by atoms with Gasteiger partial charge in [-0.2, -0.15) is 0 Å². The lowest BCUT2D eigenvalue weighted by atomic mass is 9.97. The van der Waals surface area contributed by atoms with Gasteiger partial charge in [0.05, 0.1) is 11.3 Å². The molecule has 3 nitrogen and oxygen atoms in total. The summed E-state index contributed by atoms with van der Waals surface area (Å²) in [6.07, 6.45) is 23.4. The molecule has 1 N–H and O–H groups in total. The quantitative estimate of drug-likeness (QED) is 0.157. The number of hydrogen-bond donors (Lipinski definition) is 1. The Bertz CT molecular complexity index is 2380. The summed E-state index contributed by atoms with van der Waals surface area (Å²) in [5, 5.41) is 8.49. The van der Waals surface area contributed by atoms with Crippen LogP contribution in [0.25, 0.3) is 43.8 Å². The first-order valence-corrected chi connectivity index (χ1v) is 17.9. The highest BCUT2D eigenvalue weighted by Gasteiger charge is 2.19. The van der Waals surface area contributed by atoms with Gasteiger partial charge in [0.15, 0.2) is 0 Å². The standard InChI is InChI=1S/C48H39N3/c1-2-11-34(35-12-4-3-5-13-35)17-10-18-44-31-47(39-25-23-38(24-26-39)46-33-49-32-43-16-8-9-19-45(43)46)51-48(50-44)40-27-20-37(21-28-40)42-29-22-36-14-6-7-15-41(36)30-42/h4,6-17,19-23,25,27-33,48,50H,2-3,5,18H2,1H3/b17-10-,34-11+. The van der Waals surface area contributed by atoms with Gasteiger partial charge in [-0.1, -0.05) is 140 Å². The number of allylic oxidation sites excluding steroid dienone is 9. The third-order valence-electron chi connectivity index (χ3n) is 9.58. The Morgan fingerprint density at radius 1 is 0.804 bits per heavy atom. The van der Waals surface area contributed by atoms with E-state index in [1.807, 2.05) is 18.5 Å². The molecule has 1 aliphatic heterocycles. The number of hydrogen-bond acceptors (Lipinski definition) is 3. The second-order valence-electron chi connectivity index (χ2n) is 13.0. The van der Waals surface area contributed by atoms with Crippen molar-refractivity contribution >= 4 is 27.3 Å². The molecule has 0 bridgehead atoms. The predicted octanol–water partition coefficient (Wildman–Crippen LogP) is 11.9. The highest BCUT2D eigenvalue weighted by atomic mass is 15.1. The van der Waals surface area contributed by atoms with Crippen LogP contribution in [0.3, 0.4) is 0 Å². The van der Waals surface area contributed by atoms with Gasteiger partial charge < -0.3 is 5.32 Å². The van der Waals surface area contributed by atoms with Crippen LogP contribution in [-0.4, -0.2) is 10.7 Å². The third-order valence-corrected chi connectivity index (χ3v) is 9.58. The molecule has 1 unspecified atom stereocenters. The maximum absolute atomic E-state index is 5.23. The molecule has 51 heavy (non-hydrogen) atoms. The molecule has 0 spiro atoms. The zero-order valence-corrected chi connectivity index (χ0v) is 28.8. The van der Waals surface area contributed by atoms with Gasteiger partial charge in [-0.3, -0.25) is 9.98 Å². The van der Waals surface area contributed by atoms with Crippen molar-refractivity contribution in [1.29, 1.82) is 0 Å². The molecule has 1 aliphatic carbocycles. The Hall–Kier alpha value is -6.24. The normalized spacial score (nSPS) is 16.1. The highest BCUT2D eigenvalue weighted by Crippen LogP contribution is 2.30. The second-order valence-corrected chi connectivity index (χ2v) is 13.0. The summed E-state index contributed by atoms with van der Waals surface area (Å²) in [4.78, 5) is 9.71. The predicted molar refractivity (Wildman–Crippen MR) is 213 cm³/mol. The molecule has 0 radical (unpaired) electrons. The number of aliphatic imine (C=N–C) groups is 1. The molecule has 6 aromatic rings. The van der Waals surface area contributed by atoms with Gasteiger partial charge >= 0.3 is 0 Å². The zero-order valence-electron chi connectivity index (χ0n) is 28.8. The number of nitrogens with zero attached hydrogens (tertiary/aromatic N) is 2. The van der Waals surface area contributed by atoms with Gasteiger partial charge in [0.25, 0.3) is 0 Å². The number of pyridine rings is 1. The fourth-order valence-electron chi connectivity index (χ4n) is 6.91. The van der Waals surface area contributed by atoms with Crippen molar-refractivity contribution in [2.75, 3.05) is 0 Å². The largest absolute Gasteiger partial charge is 0.363 e. The Morgan fingerprint density at radius 3 is 2.39 bits per heavy atom. The van der Waals surface area contributed by atoms with Gasteiger partial charge in [-0.25, -0.2) is 0 Å². The number of benzene rings is 4. The molecular weight excluding hydrogens is 619 g/mol. The van der Waals surface area contributed by atoms with Crippen LogP contribution >= 0.6 is 0 Å². The van der Waals surface area contributed by atoms with Crippen LogP contribution in [0.4, 0.5) is 0 Å². The fourth-order valence-corrected chi connectivity index (χ4v) is 6.91. The summed E-state index contributed by atoms with van der Waals surface area (Å²) in [6.45, 7) is 2.19. The average Bonchev–Trinajstić information content (AvgIpc) is 3.20. The summed E-state index contributed by atoms with van der Waals surface area (Å²) in [5.41, 5.74) is 11.0. The molecule has 0 saturated carbocycles. The van der Waals surface area contributed by atoms with Crippen LogP contribution in [0.15, 0.2) is 180 Å². The van der Waals surface area contributed by atoms with E-state index in [1.54, 1.807) is 0 Å². The summed E-state index contributed by atoms with van der Waals surface area (Å²) in [5.74, 6) is 0. The lowest BCUT2D eigenvalue weighted by molar-refractivity contribution is 0.610. The SMILES string of the molecule is CC/C=C(\C=C/CC1=CC(c2c#cc(-c3cncc4ccccc34)cc2)=NC(c2ccc(-c3ccc4ccccc4c3)cc2)N1)C1=CCCC=C1. The first kappa shape index (κ1) is 32.0. The van der Waals surface area contributed by atoms with Crippen molar-refractivity contribution in [3.8, 4) is 22.3 Å². The van der Waals surface area contributed by atoms with E-state index in [4.69, 9.17) is 4.99 Å². The van der Waals surface area contributed by atoms with Crippen molar-refractivity contribution in [2.45, 2.75) is 38.8 Å². The molecule has 0 fully saturated rings. The topological polar surface area (TPSA) is 37.3 Å². The van der Waals surface area contributed by atoms with Crippen molar-refractivity contribution < 1.29 is 0 Å². The highest BCUT2D eigenvalue weighted by molar-refractivity contribution is 6.09. The van der Waals surface area contributed by atoms with Crippen molar-refractivity contribution in [3.63, 3.8) is 0 Å².